The minimum absolute atomic E-state index is 0.0823. The van der Waals surface area contributed by atoms with Crippen LogP contribution >= 0.6 is 0 Å². The van der Waals surface area contributed by atoms with Crippen molar-refractivity contribution in [1.82, 2.24) is 9.80 Å². The SMILES string of the molecule is CC(C)C(CN)C(=O)N1CCN(C(=O)C2CCCO2)CC1. The Morgan fingerprint density at radius 3 is 2.29 bits per heavy atom. The third kappa shape index (κ3) is 3.74. The van der Waals surface area contributed by atoms with Crippen LogP contribution in [0.5, 0.6) is 0 Å². The zero-order valence-corrected chi connectivity index (χ0v) is 13.1. The average Bonchev–Trinajstić information content (AvgIpc) is 3.01. The molecular weight excluding hydrogens is 270 g/mol. The second-order valence-electron chi connectivity index (χ2n) is 6.24. The zero-order valence-electron chi connectivity index (χ0n) is 13.1. The van der Waals surface area contributed by atoms with Gasteiger partial charge in [-0.2, -0.15) is 0 Å². The summed E-state index contributed by atoms with van der Waals surface area (Å²) in [7, 11) is 0. The van der Waals surface area contributed by atoms with Gasteiger partial charge in [-0.3, -0.25) is 9.59 Å². The van der Waals surface area contributed by atoms with E-state index in [1.165, 1.54) is 0 Å². The van der Waals surface area contributed by atoms with Gasteiger partial charge in [0.05, 0.1) is 5.92 Å². The van der Waals surface area contributed by atoms with Crippen molar-refractivity contribution in [2.75, 3.05) is 39.3 Å². The summed E-state index contributed by atoms with van der Waals surface area (Å²) in [6, 6.07) is 0. The van der Waals surface area contributed by atoms with Gasteiger partial charge in [-0.1, -0.05) is 13.8 Å². The van der Waals surface area contributed by atoms with Crippen molar-refractivity contribution < 1.29 is 14.3 Å². The van der Waals surface area contributed by atoms with E-state index in [0.29, 0.717) is 39.3 Å². The van der Waals surface area contributed by atoms with Gasteiger partial charge in [0.15, 0.2) is 0 Å². The maximum absolute atomic E-state index is 12.4. The van der Waals surface area contributed by atoms with Gasteiger partial charge in [-0.25, -0.2) is 0 Å². The molecule has 2 saturated heterocycles. The molecule has 2 unspecified atom stereocenters. The van der Waals surface area contributed by atoms with Crippen LogP contribution in [0.25, 0.3) is 0 Å². The number of nitrogens with zero attached hydrogens (tertiary/aromatic N) is 2. The van der Waals surface area contributed by atoms with Crippen molar-refractivity contribution in [3.8, 4) is 0 Å². The Morgan fingerprint density at radius 2 is 1.81 bits per heavy atom. The minimum Gasteiger partial charge on any atom is -0.368 e. The first kappa shape index (κ1) is 16.2. The number of carbonyl (C=O) groups excluding carboxylic acids is 2. The van der Waals surface area contributed by atoms with Gasteiger partial charge in [0, 0.05) is 39.3 Å². The van der Waals surface area contributed by atoms with Crippen LogP contribution in [-0.2, 0) is 14.3 Å². The van der Waals surface area contributed by atoms with E-state index in [-0.39, 0.29) is 29.8 Å². The molecule has 2 fully saturated rings. The molecule has 2 aliphatic heterocycles. The van der Waals surface area contributed by atoms with Crippen LogP contribution in [-0.4, -0.2) is 67.0 Å². The van der Waals surface area contributed by atoms with Crippen LogP contribution in [0.15, 0.2) is 0 Å². The highest BCUT2D eigenvalue weighted by Gasteiger charge is 2.33. The maximum Gasteiger partial charge on any atom is 0.251 e. The highest BCUT2D eigenvalue weighted by Crippen LogP contribution is 2.18. The van der Waals surface area contributed by atoms with Gasteiger partial charge in [-0.15, -0.1) is 0 Å². The third-order valence-electron chi connectivity index (χ3n) is 4.48. The van der Waals surface area contributed by atoms with Crippen molar-refractivity contribution in [3.05, 3.63) is 0 Å². The Kier molecular flexibility index (Phi) is 5.58. The lowest BCUT2D eigenvalue weighted by Crippen LogP contribution is -2.54. The van der Waals surface area contributed by atoms with E-state index in [4.69, 9.17) is 10.5 Å². The van der Waals surface area contributed by atoms with E-state index in [1.807, 2.05) is 23.6 Å². The van der Waals surface area contributed by atoms with Gasteiger partial charge in [0.2, 0.25) is 5.91 Å². The fourth-order valence-electron chi connectivity index (χ4n) is 3.02. The molecule has 21 heavy (non-hydrogen) atoms. The highest BCUT2D eigenvalue weighted by molar-refractivity contribution is 5.82. The van der Waals surface area contributed by atoms with Crippen LogP contribution in [0.4, 0.5) is 0 Å². The molecule has 0 aromatic carbocycles. The molecule has 6 nitrogen and oxygen atoms in total. The van der Waals surface area contributed by atoms with E-state index in [2.05, 4.69) is 0 Å². The number of nitrogens with two attached hydrogens (primary N) is 1. The molecule has 6 heteroatoms. The molecule has 2 atom stereocenters. The summed E-state index contributed by atoms with van der Waals surface area (Å²) in [6.07, 6.45) is 1.52. The van der Waals surface area contributed by atoms with Gasteiger partial charge in [0.25, 0.3) is 5.91 Å². The summed E-state index contributed by atoms with van der Waals surface area (Å²) in [5.41, 5.74) is 5.71. The maximum atomic E-state index is 12.4. The molecule has 0 bridgehead atoms. The summed E-state index contributed by atoms with van der Waals surface area (Å²) in [6.45, 7) is 7.49. The van der Waals surface area contributed by atoms with Crippen LogP contribution in [0.3, 0.4) is 0 Å². The number of rotatable bonds is 4. The molecule has 2 heterocycles. The molecular formula is C15H27N3O3. The first-order valence-electron chi connectivity index (χ1n) is 7.93. The Hall–Kier alpha value is -1.14. The Labute approximate surface area is 126 Å². The summed E-state index contributed by atoms with van der Waals surface area (Å²) in [5, 5.41) is 0. The molecule has 0 aliphatic carbocycles. The minimum atomic E-state index is -0.264. The monoisotopic (exact) mass is 297 g/mol. The molecule has 2 amide bonds. The van der Waals surface area contributed by atoms with Crippen molar-refractivity contribution in [1.29, 1.82) is 0 Å². The van der Waals surface area contributed by atoms with Crippen molar-refractivity contribution in [2.24, 2.45) is 17.6 Å². The Balaban J connectivity index is 1.85. The molecule has 2 N–H and O–H groups in total. The Morgan fingerprint density at radius 1 is 1.19 bits per heavy atom. The van der Waals surface area contributed by atoms with Crippen LogP contribution in [0.1, 0.15) is 26.7 Å². The topological polar surface area (TPSA) is 75.9 Å². The number of piperazine rings is 1. The van der Waals surface area contributed by atoms with Gasteiger partial charge < -0.3 is 20.3 Å². The average molecular weight is 297 g/mol. The van der Waals surface area contributed by atoms with E-state index < -0.39 is 0 Å². The first-order chi connectivity index (χ1) is 10.0. The summed E-state index contributed by atoms with van der Waals surface area (Å²) >= 11 is 0. The summed E-state index contributed by atoms with van der Waals surface area (Å²) < 4.78 is 5.44. The molecule has 2 rings (SSSR count). The lowest BCUT2D eigenvalue weighted by Gasteiger charge is -2.37. The standard InChI is InChI=1S/C15H27N3O3/c1-11(2)12(10-16)14(19)17-5-7-18(8-6-17)15(20)13-4-3-9-21-13/h11-13H,3-10,16H2,1-2H3. The normalized spacial score (nSPS) is 24.5. The molecule has 0 aromatic heterocycles. The predicted octanol–water partition coefficient (Wildman–Crippen LogP) is 0.0671. The Bertz CT molecular complexity index is 372. The van der Waals surface area contributed by atoms with E-state index in [0.717, 1.165) is 12.8 Å². The van der Waals surface area contributed by atoms with Crippen LogP contribution in [0, 0.1) is 11.8 Å². The lowest BCUT2D eigenvalue weighted by molar-refractivity contribution is -0.147. The van der Waals surface area contributed by atoms with Crippen molar-refractivity contribution >= 4 is 11.8 Å². The zero-order chi connectivity index (χ0) is 15.4. The second kappa shape index (κ2) is 7.22. The number of carbonyl (C=O) groups is 2. The molecule has 0 spiro atoms. The van der Waals surface area contributed by atoms with Crippen LogP contribution < -0.4 is 5.73 Å². The second-order valence-corrected chi connectivity index (χ2v) is 6.24. The fraction of sp³-hybridized carbons (Fsp3) is 0.867. The molecule has 120 valence electrons. The lowest BCUT2D eigenvalue weighted by atomic mass is 9.94. The number of ether oxygens (including phenoxy) is 1. The van der Waals surface area contributed by atoms with Gasteiger partial charge in [-0.05, 0) is 18.8 Å². The summed E-state index contributed by atoms with van der Waals surface area (Å²) in [5.74, 6) is 0.329. The van der Waals surface area contributed by atoms with Gasteiger partial charge in [0.1, 0.15) is 6.10 Å². The molecule has 0 aromatic rings. The van der Waals surface area contributed by atoms with E-state index in [9.17, 15) is 9.59 Å². The van der Waals surface area contributed by atoms with E-state index >= 15 is 0 Å². The van der Waals surface area contributed by atoms with Crippen molar-refractivity contribution in [2.45, 2.75) is 32.8 Å². The summed E-state index contributed by atoms with van der Waals surface area (Å²) in [4.78, 5) is 28.3. The number of hydrogen-bond donors (Lipinski definition) is 1. The number of hydrogen-bond acceptors (Lipinski definition) is 4. The quantitative estimate of drug-likeness (QED) is 0.796. The highest BCUT2D eigenvalue weighted by atomic mass is 16.5. The smallest absolute Gasteiger partial charge is 0.251 e. The predicted molar refractivity (Wildman–Crippen MR) is 79.5 cm³/mol. The fourth-order valence-corrected chi connectivity index (χ4v) is 3.02. The van der Waals surface area contributed by atoms with Gasteiger partial charge >= 0.3 is 0 Å². The van der Waals surface area contributed by atoms with Crippen LogP contribution in [0.2, 0.25) is 0 Å². The number of amides is 2. The molecule has 0 radical (unpaired) electrons. The largest absolute Gasteiger partial charge is 0.368 e. The molecule has 2 aliphatic rings. The first-order valence-corrected chi connectivity index (χ1v) is 7.93. The third-order valence-corrected chi connectivity index (χ3v) is 4.48. The van der Waals surface area contributed by atoms with Crippen molar-refractivity contribution in [3.63, 3.8) is 0 Å². The van der Waals surface area contributed by atoms with E-state index in [1.54, 1.807) is 0 Å². The molecule has 0 saturated carbocycles.